The summed E-state index contributed by atoms with van der Waals surface area (Å²) in [6.07, 6.45) is 8.19. The summed E-state index contributed by atoms with van der Waals surface area (Å²) in [6, 6.07) is 7.90. The van der Waals surface area contributed by atoms with E-state index in [4.69, 9.17) is 0 Å². The summed E-state index contributed by atoms with van der Waals surface area (Å²) in [4.78, 5) is 15.9. The Hall–Kier alpha value is -1.75. The van der Waals surface area contributed by atoms with Crippen molar-refractivity contribution >= 4 is 17.7 Å². The molecule has 116 valence electrons. The van der Waals surface area contributed by atoms with E-state index in [0.717, 1.165) is 36.4 Å². The number of benzene rings is 1. The van der Waals surface area contributed by atoms with Crippen molar-refractivity contribution in [3.05, 3.63) is 47.8 Å². The Morgan fingerprint density at radius 3 is 3.00 bits per heavy atom. The largest absolute Gasteiger partial charge is 0.338 e. The molecule has 2 heterocycles. The van der Waals surface area contributed by atoms with E-state index in [1.807, 2.05) is 53.3 Å². The molecule has 1 fully saturated rings. The molecule has 0 aliphatic carbocycles. The van der Waals surface area contributed by atoms with Crippen LogP contribution in [0, 0.1) is 0 Å². The molecule has 1 aliphatic rings. The van der Waals surface area contributed by atoms with Crippen LogP contribution in [-0.2, 0) is 7.05 Å². The lowest BCUT2D eigenvalue weighted by Gasteiger charge is -2.32. The fourth-order valence-electron chi connectivity index (χ4n) is 3.02. The third kappa shape index (κ3) is 3.19. The summed E-state index contributed by atoms with van der Waals surface area (Å²) in [6.45, 7) is 1.63. The van der Waals surface area contributed by atoms with Crippen LogP contribution in [0.15, 0.2) is 41.6 Å². The van der Waals surface area contributed by atoms with Gasteiger partial charge in [-0.1, -0.05) is 6.07 Å². The predicted octanol–water partition coefficient (Wildman–Crippen LogP) is 3.16. The molecular weight excluding hydrogens is 294 g/mol. The van der Waals surface area contributed by atoms with Gasteiger partial charge in [0, 0.05) is 42.7 Å². The van der Waals surface area contributed by atoms with Crippen molar-refractivity contribution in [1.29, 1.82) is 0 Å². The number of amides is 1. The highest BCUT2D eigenvalue weighted by Gasteiger charge is 2.26. The average molecular weight is 315 g/mol. The van der Waals surface area contributed by atoms with E-state index in [1.54, 1.807) is 11.8 Å². The van der Waals surface area contributed by atoms with Gasteiger partial charge in [-0.05, 0) is 42.9 Å². The van der Waals surface area contributed by atoms with Gasteiger partial charge in [0.15, 0.2) is 0 Å². The third-order valence-corrected chi connectivity index (χ3v) is 4.95. The molecule has 1 aliphatic heterocycles. The number of thioether (sulfide) groups is 1. The van der Waals surface area contributed by atoms with Gasteiger partial charge >= 0.3 is 0 Å². The number of hydrogen-bond acceptors (Lipinski definition) is 3. The lowest BCUT2D eigenvalue weighted by Crippen LogP contribution is -2.39. The Kier molecular flexibility index (Phi) is 4.52. The lowest BCUT2D eigenvalue weighted by atomic mass is 9.92. The summed E-state index contributed by atoms with van der Waals surface area (Å²) in [7, 11) is 1.93. The maximum absolute atomic E-state index is 12.7. The van der Waals surface area contributed by atoms with Crippen LogP contribution >= 0.6 is 11.8 Å². The lowest BCUT2D eigenvalue weighted by molar-refractivity contribution is 0.0707. The van der Waals surface area contributed by atoms with Crippen molar-refractivity contribution < 1.29 is 4.79 Å². The molecule has 1 atom stereocenters. The van der Waals surface area contributed by atoms with Gasteiger partial charge in [0.2, 0.25) is 0 Å². The minimum atomic E-state index is 0.143. The minimum Gasteiger partial charge on any atom is -0.338 e. The monoisotopic (exact) mass is 315 g/mol. The molecule has 3 rings (SSSR count). The minimum absolute atomic E-state index is 0.143. The Balaban J connectivity index is 1.75. The molecule has 0 N–H and O–H groups in total. The van der Waals surface area contributed by atoms with Crippen molar-refractivity contribution in [2.45, 2.75) is 23.7 Å². The molecule has 2 aromatic rings. The fraction of sp³-hybridized carbons (Fsp3) is 0.412. The van der Waals surface area contributed by atoms with Gasteiger partial charge in [-0.15, -0.1) is 11.8 Å². The molecule has 5 heteroatoms. The molecule has 1 aromatic carbocycles. The molecule has 0 radical (unpaired) electrons. The maximum atomic E-state index is 12.7. The Morgan fingerprint density at radius 1 is 1.41 bits per heavy atom. The third-order valence-electron chi connectivity index (χ3n) is 4.22. The van der Waals surface area contributed by atoms with Crippen LogP contribution in [0.2, 0.25) is 0 Å². The molecule has 0 saturated carbocycles. The molecule has 1 saturated heterocycles. The number of carbonyl (C=O) groups is 1. The molecule has 1 unspecified atom stereocenters. The van der Waals surface area contributed by atoms with Gasteiger partial charge < -0.3 is 4.90 Å². The quantitative estimate of drug-likeness (QED) is 0.817. The molecule has 22 heavy (non-hydrogen) atoms. The van der Waals surface area contributed by atoms with Crippen LogP contribution in [0.25, 0.3) is 0 Å². The van der Waals surface area contributed by atoms with Crippen molar-refractivity contribution in [2.75, 3.05) is 19.3 Å². The van der Waals surface area contributed by atoms with Gasteiger partial charge in [-0.2, -0.15) is 5.10 Å². The first-order valence-corrected chi connectivity index (χ1v) is 8.81. The van der Waals surface area contributed by atoms with E-state index in [-0.39, 0.29) is 5.91 Å². The molecule has 0 spiro atoms. The van der Waals surface area contributed by atoms with Crippen molar-refractivity contribution in [3.63, 3.8) is 0 Å². The van der Waals surface area contributed by atoms with Crippen LogP contribution in [0.5, 0.6) is 0 Å². The number of hydrogen-bond donors (Lipinski definition) is 0. The second-order valence-corrected chi connectivity index (χ2v) is 6.65. The zero-order valence-electron chi connectivity index (χ0n) is 13.0. The number of rotatable bonds is 3. The first-order chi connectivity index (χ1) is 10.7. The van der Waals surface area contributed by atoms with Gasteiger partial charge in [0.05, 0.1) is 6.20 Å². The summed E-state index contributed by atoms with van der Waals surface area (Å²) in [5.41, 5.74) is 2.02. The topological polar surface area (TPSA) is 38.1 Å². The first kappa shape index (κ1) is 15.2. The number of nitrogens with zero attached hydrogens (tertiary/aromatic N) is 3. The van der Waals surface area contributed by atoms with E-state index < -0.39 is 0 Å². The number of aromatic nitrogens is 2. The standard InChI is InChI=1S/C17H21N3OS/c1-19-11-15(10-18-19)14-6-4-8-20(12-14)17(21)13-5-3-7-16(9-13)22-2/h3,5,7,9-11,14H,4,6,8,12H2,1-2H3. The normalized spacial score (nSPS) is 18.5. The van der Waals surface area contributed by atoms with Crippen molar-refractivity contribution in [3.8, 4) is 0 Å². The molecule has 1 amide bonds. The van der Waals surface area contributed by atoms with E-state index in [1.165, 1.54) is 5.56 Å². The van der Waals surface area contributed by atoms with E-state index in [0.29, 0.717) is 5.92 Å². The van der Waals surface area contributed by atoms with Gasteiger partial charge in [-0.3, -0.25) is 9.48 Å². The van der Waals surface area contributed by atoms with Crippen LogP contribution < -0.4 is 0 Å². The number of likely N-dealkylation sites (tertiary alicyclic amines) is 1. The van der Waals surface area contributed by atoms with Crippen molar-refractivity contribution in [1.82, 2.24) is 14.7 Å². The zero-order valence-corrected chi connectivity index (χ0v) is 13.8. The molecular formula is C17H21N3OS. The van der Waals surface area contributed by atoms with Gasteiger partial charge in [0.25, 0.3) is 5.91 Å². The fourth-order valence-corrected chi connectivity index (χ4v) is 3.48. The highest BCUT2D eigenvalue weighted by atomic mass is 32.2. The number of piperidine rings is 1. The molecule has 0 bridgehead atoms. The van der Waals surface area contributed by atoms with Crippen LogP contribution in [0.3, 0.4) is 0 Å². The highest BCUT2D eigenvalue weighted by Crippen LogP contribution is 2.27. The average Bonchev–Trinajstić information content (AvgIpc) is 3.01. The second kappa shape index (κ2) is 6.57. The number of aryl methyl sites for hydroxylation is 1. The van der Waals surface area contributed by atoms with E-state index in [2.05, 4.69) is 11.3 Å². The Labute approximate surface area is 135 Å². The summed E-state index contributed by atoms with van der Waals surface area (Å²) in [5.74, 6) is 0.541. The number of carbonyl (C=O) groups excluding carboxylic acids is 1. The Morgan fingerprint density at radius 2 is 2.27 bits per heavy atom. The van der Waals surface area contributed by atoms with Gasteiger partial charge in [0.1, 0.15) is 0 Å². The predicted molar refractivity (Wildman–Crippen MR) is 89.3 cm³/mol. The molecule has 4 nitrogen and oxygen atoms in total. The van der Waals surface area contributed by atoms with Gasteiger partial charge in [-0.25, -0.2) is 0 Å². The molecule has 1 aromatic heterocycles. The first-order valence-electron chi connectivity index (χ1n) is 7.59. The zero-order chi connectivity index (χ0) is 15.5. The second-order valence-electron chi connectivity index (χ2n) is 5.77. The smallest absolute Gasteiger partial charge is 0.253 e. The SMILES string of the molecule is CSc1cccc(C(=O)N2CCCC(c3cnn(C)c3)C2)c1. The summed E-state index contributed by atoms with van der Waals surface area (Å²) < 4.78 is 1.83. The highest BCUT2D eigenvalue weighted by molar-refractivity contribution is 7.98. The van der Waals surface area contributed by atoms with Crippen LogP contribution in [0.4, 0.5) is 0 Å². The van der Waals surface area contributed by atoms with Crippen LogP contribution in [0.1, 0.15) is 34.7 Å². The van der Waals surface area contributed by atoms with E-state index in [9.17, 15) is 4.79 Å². The van der Waals surface area contributed by atoms with Crippen LogP contribution in [-0.4, -0.2) is 39.9 Å². The summed E-state index contributed by atoms with van der Waals surface area (Å²) >= 11 is 1.67. The maximum Gasteiger partial charge on any atom is 0.253 e. The Bertz CT molecular complexity index is 667. The summed E-state index contributed by atoms with van der Waals surface area (Å²) in [5, 5.41) is 4.25. The van der Waals surface area contributed by atoms with Crippen molar-refractivity contribution in [2.24, 2.45) is 7.05 Å². The van der Waals surface area contributed by atoms with E-state index >= 15 is 0 Å².